The molecule has 2 aliphatic carbocycles. The lowest BCUT2D eigenvalue weighted by Gasteiger charge is -2.64. The van der Waals surface area contributed by atoms with E-state index in [-0.39, 0.29) is 23.5 Å². The number of rotatable bonds is 15. The lowest BCUT2D eigenvalue weighted by molar-refractivity contribution is -0.286. The number of likely N-dealkylation sites (tertiary alicyclic amines) is 2. The first-order valence-corrected chi connectivity index (χ1v) is 27.2. The number of fused-ring (bicyclic) bond motifs is 4. The Balaban J connectivity index is 0.000000198. The highest BCUT2D eigenvalue weighted by Crippen LogP contribution is 2.61. The fourth-order valence-corrected chi connectivity index (χ4v) is 16.6. The molecule has 0 radical (unpaired) electrons. The van der Waals surface area contributed by atoms with Crippen molar-refractivity contribution in [1.29, 1.82) is 0 Å². The van der Waals surface area contributed by atoms with Gasteiger partial charge in [0, 0.05) is 75.8 Å². The van der Waals surface area contributed by atoms with E-state index in [1.807, 2.05) is 18.2 Å². The van der Waals surface area contributed by atoms with Crippen LogP contribution in [0.25, 0.3) is 0 Å². The molecule has 13 heteroatoms. The van der Waals surface area contributed by atoms with E-state index in [4.69, 9.17) is 32.8 Å². The van der Waals surface area contributed by atoms with Crippen molar-refractivity contribution >= 4 is 20.3 Å². The molecule has 12 nitrogen and oxygen atoms in total. The predicted octanol–water partition coefficient (Wildman–Crippen LogP) is 7.52. The van der Waals surface area contributed by atoms with Crippen molar-refractivity contribution in [3.8, 4) is 0 Å². The summed E-state index contributed by atoms with van der Waals surface area (Å²) in [4.78, 5) is 32.0. The van der Waals surface area contributed by atoms with Crippen molar-refractivity contribution in [3.05, 3.63) is 71.8 Å². The molecular formula is C52H80N2O10Si. The molecular weight excluding hydrogens is 841 g/mol. The number of nitrogens with zero attached hydrogens (tertiary/aromatic N) is 2. The third kappa shape index (κ3) is 9.93. The second-order valence-corrected chi connectivity index (χ2v) is 26.3. The summed E-state index contributed by atoms with van der Waals surface area (Å²) in [7, 11) is 0.875. The van der Waals surface area contributed by atoms with E-state index in [0.29, 0.717) is 83.6 Å². The lowest BCUT2D eigenvalue weighted by atomic mass is 9.53. The van der Waals surface area contributed by atoms with Crippen molar-refractivity contribution in [3.63, 3.8) is 0 Å². The zero-order chi connectivity index (χ0) is 46.7. The number of carbonyl (C=O) groups is 2. The van der Waals surface area contributed by atoms with Crippen LogP contribution in [0.5, 0.6) is 0 Å². The van der Waals surface area contributed by atoms with Gasteiger partial charge in [0.1, 0.15) is 10.8 Å². The first-order valence-electron chi connectivity index (χ1n) is 24.6. The van der Waals surface area contributed by atoms with Crippen LogP contribution in [0.3, 0.4) is 0 Å². The van der Waals surface area contributed by atoms with Crippen molar-refractivity contribution in [2.24, 2.45) is 33.5 Å². The molecule has 0 amide bonds. The van der Waals surface area contributed by atoms with Gasteiger partial charge >= 0.3 is 11.9 Å². The number of aliphatic hydroxyl groups excluding tert-OH is 1. The summed E-state index contributed by atoms with van der Waals surface area (Å²) in [6.45, 7) is 22.3. The second-order valence-electron chi connectivity index (χ2n) is 21.5. The molecule has 6 fully saturated rings. The number of esters is 2. The van der Waals surface area contributed by atoms with E-state index in [1.165, 1.54) is 19.8 Å². The van der Waals surface area contributed by atoms with Crippen molar-refractivity contribution in [1.82, 2.24) is 9.80 Å². The van der Waals surface area contributed by atoms with Gasteiger partial charge in [0.05, 0.1) is 52.9 Å². The number of aliphatic hydroxyl groups is 1. The van der Waals surface area contributed by atoms with Crippen molar-refractivity contribution in [2.45, 2.75) is 129 Å². The van der Waals surface area contributed by atoms with E-state index in [2.05, 4.69) is 101 Å². The van der Waals surface area contributed by atoms with Crippen LogP contribution in [0.4, 0.5) is 0 Å². The third-order valence-corrected chi connectivity index (χ3v) is 20.4. The Hall–Kier alpha value is -2.72. The van der Waals surface area contributed by atoms with Crippen LogP contribution in [-0.4, -0.2) is 139 Å². The number of carbonyl (C=O) groups excluding carboxylic acids is 2. The molecule has 6 aliphatic rings. The Bertz CT molecular complexity index is 1880. The molecule has 2 spiro atoms. The van der Waals surface area contributed by atoms with Crippen LogP contribution in [-0.2, 0) is 55.3 Å². The molecule has 1 N–H and O–H groups in total. The molecule has 8 rings (SSSR count). The zero-order valence-corrected chi connectivity index (χ0v) is 42.0. The summed E-state index contributed by atoms with van der Waals surface area (Å²) in [6, 6.07) is 24.0. The molecule has 6 unspecified atom stereocenters. The number of piperidine rings is 2. The van der Waals surface area contributed by atoms with E-state index < -0.39 is 42.2 Å². The number of ether oxygens (including phenoxy) is 6. The van der Waals surface area contributed by atoms with Crippen LogP contribution >= 0.6 is 0 Å². The Morgan fingerprint density at radius 3 is 1.48 bits per heavy atom. The van der Waals surface area contributed by atoms with Crippen LogP contribution < -0.4 is 0 Å². The highest BCUT2D eigenvalue weighted by molar-refractivity contribution is 6.73. The maximum atomic E-state index is 14.0. The topological polar surface area (TPSA) is 125 Å². The fourth-order valence-electron chi connectivity index (χ4n) is 13.6. The summed E-state index contributed by atoms with van der Waals surface area (Å²) < 4.78 is 43.3. The van der Waals surface area contributed by atoms with Gasteiger partial charge in [-0.15, -0.1) is 0 Å². The first-order chi connectivity index (χ1) is 31.0. The third-order valence-electron chi connectivity index (χ3n) is 15.8. The standard InChI is InChI=1S/C29H47NO5Si.C23H33NO5/c1-7-36(8-2,9-3)35-25-27(17-24-13-11-10-12-14-24)19-29(33-15-16-34-29)20-28(25,26(31)32-6)22-30(21-27)18-23(4)5;1-17(2)12-24-15-21(11-18-7-5-4-6-8-18)13-23(28-9-10-29-23)14-22(16-24,19(21)25)20(26)27-3/h10-14,23,25H,7-9,15-22H2,1-6H3;4-8,17,19,25H,9-16H2,1-3H3. The summed E-state index contributed by atoms with van der Waals surface area (Å²) in [5, 5.41) is 11.7. The van der Waals surface area contributed by atoms with Gasteiger partial charge in [-0.25, -0.2) is 0 Å². The van der Waals surface area contributed by atoms with Crippen LogP contribution in [0.15, 0.2) is 60.7 Å². The van der Waals surface area contributed by atoms with Gasteiger partial charge < -0.3 is 47.8 Å². The normalized spacial score (nSPS) is 31.8. The summed E-state index contributed by atoms with van der Waals surface area (Å²) in [5.74, 6) is -1.18. The Labute approximate surface area is 390 Å². The Morgan fingerprint density at radius 1 is 0.631 bits per heavy atom. The average molecular weight is 921 g/mol. The van der Waals surface area contributed by atoms with E-state index in [1.54, 1.807) is 0 Å². The van der Waals surface area contributed by atoms with Gasteiger partial charge in [-0.05, 0) is 53.9 Å². The molecule has 4 heterocycles. The van der Waals surface area contributed by atoms with Gasteiger partial charge in [-0.1, -0.05) is 109 Å². The highest BCUT2D eigenvalue weighted by Gasteiger charge is 2.71. The number of benzene rings is 2. The SMILES string of the molecule is CC[Si](CC)(CC)OC1C2(Cc3ccccc3)CN(CC(C)C)CC1(C(=O)OC)CC1(C2)OCCO1.COC(=O)C12CN(CC(C)C)CC(Cc3ccccc3)(CC3(C1)OCCO3)C2O. The molecule has 2 aromatic rings. The minimum absolute atomic E-state index is 0.178. The van der Waals surface area contributed by atoms with E-state index in [9.17, 15) is 14.7 Å². The Kier molecular flexibility index (Phi) is 15.5. The monoisotopic (exact) mass is 921 g/mol. The van der Waals surface area contributed by atoms with E-state index >= 15 is 0 Å². The quantitative estimate of drug-likeness (QED) is 0.140. The van der Waals surface area contributed by atoms with E-state index in [0.717, 1.165) is 56.2 Å². The summed E-state index contributed by atoms with van der Waals surface area (Å²) in [5.41, 5.74) is -0.361. The maximum absolute atomic E-state index is 14.0. The number of methoxy groups -OCH3 is 2. The predicted molar refractivity (Wildman–Crippen MR) is 252 cm³/mol. The summed E-state index contributed by atoms with van der Waals surface area (Å²) >= 11 is 0. The van der Waals surface area contributed by atoms with Gasteiger partial charge in [0.15, 0.2) is 19.9 Å². The average Bonchev–Trinajstić information content (AvgIpc) is 3.93. The lowest BCUT2D eigenvalue weighted by Crippen LogP contribution is -2.74. The molecule has 4 aliphatic heterocycles. The molecule has 6 atom stereocenters. The van der Waals surface area contributed by atoms with Gasteiger partial charge in [0.25, 0.3) is 0 Å². The van der Waals surface area contributed by atoms with Gasteiger partial charge in [-0.3, -0.25) is 9.59 Å². The first kappa shape index (κ1) is 50.2. The molecule has 4 bridgehead atoms. The van der Waals surface area contributed by atoms with Crippen molar-refractivity contribution < 1.29 is 47.5 Å². The zero-order valence-electron chi connectivity index (χ0n) is 41.0. The molecule has 2 saturated carbocycles. The van der Waals surface area contributed by atoms with Gasteiger partial charge in [0.2, 0.25) is 0 Å². The molecule has 65 heavy (non-hydrogen) atoms. The second kappa shape index (κ2) is 20.1. The number of hydrogen-bond donors (Lipinski definition) is 1. The molecule has 4 saturated heterocycles. The smallest absolute Gasteiger partial charge is 0.315 e. The fraction of sp³-hybridized carbons (Fsp3) is 0.731. The maximum Gasteiger partial charge on any atom is 0.315 e. The van der Waals surface area contributed by atoms with Gasteiger partial charge in [-0.2, -0.15) is 0 Å². The molecule has 362 valence electrons. The van der Waals surface area contributed by atoms with Crippen molar-refractivity contribution in [2.75, 3.05) is 79.9 Å². The minimum atomic E-state index is -2.05. The molecule has 2 aromatic carbocycles. The Morgan fingerprint density at radius 2 is 1.03 bits per heavy atom. The molecule has 0 aromatic heterocycles. The summed E-state index contributed by atoms with van der Waals surface area (Å²) in [6.07, 6.45) is 2.57. The van der Waals surface area contributed by atoms with Crippen LogP contribution in [0, 0.1) is 33.5 Å². The van der Waals surface area contributed by atoms with Crippen LogP contribution in [0.1, 0.15) is 85.3 Å². The highest BCUT2D eigenvalue weighted by atomic mass is 28.4. The minimum Gasteiger partial charge on any atom is -0.468 e. The number of hydrogen-bond acceptors (Lipinski definition) is 12. The van der Waals surface area contributed by atoms with Crippen LogP contribution in [0.2, 0.25) is 18.1 Å². The largest absolute Gasteiger partial charge is 0.468 e.